The summed E-state index contributed by atoms with van der Waals surface area (Å²) in [5.74, 6) is 1.26. The molecule has 9 nitrogen and oxygen atoms in total. The Morgan fingerprint density at radius 3 is 2.31 bits per heavy atom. The Morgan fingerprint density at radius 1 is 1.09 bits per heavy atom. The fraction of sp³-hybridized carbons (Fsp3) is 0.364. The van der Waals surface area contributed by atoms with Crippen LogP contribution in [-0.2, 0) is 14.8 Å². The molecule has 0 saturated heterocycles. The van der Waals surface area contributed by atoms with E-state index in [9.17, 15) is 13.2 Å². The summed E-state index contributed by atoms with van der Waals surface area (Å²) in [6.45, 7) is 4.28. The third-order valence-corrected chi connectivity index (χ3v) is 5.34. The van der Waals surface area contributed by atoms with Crippen molar-refractivity contribution in [2.45, 2.75) is 13.8 Å². The second-order valence-corrected chi connectivity index (χ2v) is 9.28. The summed E-state index contributed by atoms with van der Waals surface area (Å²) in [7, 11) is -0.922. The number of benzene rings is 2. The molecule has 0 bridgehead atoms. The maximum absolute atomic E-state index is 12.4. The van der Waals surface area contributed by atoms with Gasteiger partial charge >= 0.3 is 0 Å². The lowest BCUT2D eigenvalue weighted by Crippen LogP contribution is -2.39. The molecule has 1 amide bonds. The van der Waals surface area contributed by atoms with Gasteiger partial charge < -0.3 is 14.2 Å². The molecule has 0 aromatic heterocycles. The molecule has 0 aliphatic rings. The minimum absolute atomic E-state index is 0.186. The van der Waals surface area contributed by atoms with Crippen molar-refractivity contribution in [2.24, 2.45) is 11.0 Å². The van der Waals surface area contributed by atoms with Crippen LogP contribution in [0.5, 0.6) is 17.2 Å². The van der Waals surface area contributed by atoms with E-state index in [-0.39, 0.29) is 11.4 Å². The van der Waals surface area contributed by atoms with Crippen molar-refractivity contribution in [3.05, 3.63) is 48.0 Å². The van der Waals surface area contributed by atoms with E-state index in [0.29, 0.717) is 18.3 Å². The third kappa shape index (κ3) is 7.45. The number of amides is 1. The first-order chi connectivity index (χ1) is 15.1. The van der Waals surface area contributed by atoms with Crippen LogP contribution in [0.4, 0.5) is 5.69 Å². The first-order valence-corrected chi connectivity index (χ1v) is 11.7. The number of hydrogen-bond donors (Lipinski definition) is 1. The lowest BCUT2D eigenvalue weighted by atomic mass is 10.2. The van der Waals surface area contributed by atoms with Gasteiger partial charge in [-0.25, -0.2) is 13.8 Å². The molecule has 2 aromatic carbocycles. The van der Waals surface area contributed by atoms with Crippen LogP contribution >= 0.6 is 0 Å². The van der Waals surface area contributed by atoms with E-state index >= 15 is 0 Å². The van der Waals surface area contributed by atoms with Gasteiger partial charge in [0.05, 0.1) is 39.0 Å². The van der Waals surface area contributed by atoms with Gasteiger partial charge in [-0.3, -0.25) is 9.10 Å². The summed E-state index contributed by atoms with van der Waals surface area (Å²) in [6.07, 6.45) is 2.46. The number of ether oxygens (including phenoxy) is 3. The first kappa shape index (κ1) is 25.0. The fourth-order valence-corrected chi connectivity index (χ4v) is 3.48. The van der Waals surface area contributed by atoms with Crippen LogP contribution in [0, 0.1) is 5.92 Å². The van der Waals surface area contributed by atoms with Gasteiger partial charge in [0.1, 0.15) is 23.8 Å². The minimum atomic E-state index is -3.79. The largest absolute Gasteiger partial charge is 0.497 e. The van der Waals surface area contributed by atoms with Gasteiger partial charge in [0.2, 0.25) is 10.0 Å². The SMILES string of the molecule is COc1ccc(OC)c(N(CC(=O)N/N=C\c2ccc(OCC(C)C)cc2)S(C)(=O)=O)c1. The molecule has 0 radical (unpaired) electrons. The van der Waals surface area contributed by atoms with E-state index in [0.717, 1.165) is 21.9 Å². The van der Waals surface area contributed by atoms with Crippen LogP contribution in [0.2, 0.25) is 0 Å². The van der Waals surface area contributed by atoms with Gasteiger partial charge in [-0.05, 0) is 47.9 Å². The predicted octanol–water partition coefficient (Wildman–Crippen LogP) is 2.65. The highest BCUT2D eigenvalue weighted by Crippen LogP contribution is 2.33. The second-order valence-electron chi connectivity index (χ2n) is 7.37. The predicted molar refractivity (Wildman–Crippen MR) is 124 cm³/mol. The van der Waals surface area contributed by atoms with Gasteiger partial charge in [-0.1, -0.05) is 13.8 Å². The van der Waals surface area contributed by atoms with Gasteiger partial charge in [0.25, 0.3) is 5.91 Å². The highest BCUT2D eigenvalue weighted by Gasteiger charge is 2.24. The Bertz CT molecular complexity index is 1040. The van der Waals surface area contributed by atoms with E-state index in [2.05, 4.69) is 24.4 Å². The van der Waals surface area contributed by atoms with Crippen LogP contribution in [0.25, 0.3) is 0 Å². The van der Waals surface area contributed by atoms with Gasteiger partial charge in [0.15, 0.2) is 0 Å². The topological polar surface area (TPSA) is 107 Å². The molecule has 0 aliphatic carbocycles. The standard InChI is InChI=1S/C22H29N3O6S/c1-16(2)15-31-18-8-6-17(7-9-18)13-23-24-22(26)14-25(32(5,27)28)20-12-19(29-3)10-11-21(20)30-4/h6-13,16H,14-15H2,1-5H3,(H,24,26)/b23-13-. The molecule has 174 valence electrons. The minimum Gasteiger partial charge on any atom is -0.497 e. The monoisotopic (exact) mass is 463 g/mol. The molecule has 0 aliphatic heterocycles. The summed E-state index contributed by atoms with van der Waals surface area (Å²) in [4.78, 5) is 12.4. The number of hydrazone groups is 1. The molecule has 0 fully saturated rings. The molecule has 0 atom stereocenters. The number of sulfonamides is 1. The average molecular weight is 464 g/mol. The van der Waals surface area contributed by atoms with Crippen LogP contribution in [0.3, 0.4) is 0 Å². The Kier molecular flexibility index (Phi) is 8.89. The zero-order valence-electron chi connectivity index (χ0n) is 18.9. The number of methoxy groups -OCH3 is 2. The number of carbonyl (C=O) groups excluding carboxylic acids is 1. The zero-order valence-corrected chi connectivity index (χ0v) is 19.7. The Hall–Kier alpha value is -3.27. The molecular weight excluding hydrogens is 434 g/mol. The smallest absolute Gasteiger partial charge is 0.260 e. The number of nitrogens with zero attached hydrogens (tertiary/aromatic N) is 2. The Labute approximate surface area is 189 Å². The molecule has 2 aromatic rings. The van der Waals surface area contributed by atoms with E-state index < -0.39 is 22.5 Å². The lowest BCUT2D eigenvalue weighted by molar-refractivity contribution is -0.119. The second kappa shape index (κ2) is 11.4. The van der Waals surface area contributed by atoms with Crippen molar-refractivity contribution >= 4 is 27.8 Å². The summed E-state index contributed by atoms with van der Waals surface area (Å²) in [5, 5.41) is 3.91. The zero-order chi connectivity index (χ0) is 23.7. The lowest BCUT2D eigenvalue weighted by Gasteiger charge is -2.23. The highest BCUT2D eigenvalue weighted by atomic mass is 32.2. The molecule has 10 heteroatoms. The number of carbonyl (C=O) groups is 1. The normalized spacial score (nSPS) is 11.4. The molecule has 0 heterocycles. The fourth-order valence-electron chi connectivity index (χ4n) is 2.63. The summed E-state index contributed by atoms with van der Waals surface area (Å²) in [6, 6.07) is 11.9. The van der Waals surface area contributed by atoms with Crippen molar-refractivity contribution < 1.29 is 27.4 Å². The average Bonchev–Trinajstić information content (AvgIpc) is 2.75. The number of rotatable bonds is 11. The van der Waals surface area contributed by atoms with Crippen LogP contribution < -0.4 is 23.9 Å². The molecular formula is C22H29N3O6S. The molecule has 0 spiro atoms. The van der Waals surface area contributed by atoms with E-state index in [1.54, 1.807) is 24.3 Å². The summed E-state index contributed by atoms with van der Waals surface area (Å²) >= 11 is 0. The number of nitrogens with one attached hydrogen (secondary N) is 1. The van der Waals surface area contributed by atoms with Crippen LogP contribution in [0.1, 0.15) is 19.4 Å². The van der Waals surface area contributed by atoms with Crippen molar-refractivity contribution in [3.63, 3.8) is 0 Å². The molecule has 0 saturated carbocycles. The van der Waals surface area contributed by atoms with E-state index in [1.807, 2.05) is 12.1 Å². The van der Waals surface area contributed by atoms with Crippen LogP contribution in [0.15, 0.2) is 47.6 Å². The highest BCUT2D eigenvalue weighted by molar-refractivity contribution is 7.92. The van der Waals surface area contributed by atoms with Gasteiger partial charge in [0, 0.05) is 6.07 Å². The van der Waals surface area contributed by atoms with Gasteiger partial charge in [-0.15, -0.1) is 0 Å². The summed E-state index contributed by atoms with van der Waals surface area (Å²) in [5.41, 5.74) is 3.28. The van der Waals surface area contributed by atoms with Gasteiger partial charge in [-0.2, -0.15) is 5.10 Å². The third-order valence-electron chi connectivity index (χ3n) is 4.21. The van der Waals surface area contributed by atoms with E-state index in [1.165, 1.54) is 26.5 Å². The number of hydrogen-bond acceptors (Lipinski definition) is 7. The maximum Gasteiger partial charge on any atom is 0.260 e. The Morgan fingerprint density at radius 2 is 1.75 bits per heavy atom. The molecule has 1 N–H and O–H groups in total. The van der Waals surface area contributed by atoms with Crippen molar-refractivity contribution in [3.8, 4) is 17.2 Å². The molecule has 0 unspecified atom stereocenters. The molecule has 2 rings (SSSR count). The molecule has 32 heavy (non-hydrogen) atoms. The first-order valence-electron chi connectivity index (χ1n) is 9.88. The van der Waals surface area contributed by atoms with Crippen molar-refractivity contribution in [1.29, 1.82) is 0 Å². The van der Waals surface area contributed by atoms with Crippen molar-refractivity contribution in [1.82, 2.24) is 5.43 Å². The summed E-state index contributed by atoms with van der Waals surface area (Å²) < 4.78 is 41.7. The number of anilines is 1. The maximum atomic E-state index is 12.4. The quantitative estimate of drug-likeness (QED) is 0.406. The van der Waals surface area contributed by atoms with E-state index in [4.69, 9.17) is 14.2 Å². The van der Waals surface area contributed by atoms with Crippen LogP contribution in [-0.4, -0.2) is 54.2 Å². The Balaban J connectivity index is 2.07. The van der Waals surface area contributed by atoms with Crippen molar-refractivity contribution in [2.75, 3.05) is 37.9 Å².